The molecule has 3 N–H and O–H groups in total. The molecule has 0 aliphatic rings. The van der Waals surface area contributed by atoms with E-state index in [1.165, 1.54) is 12.3 Å². The van der Waals surface area contributed by atoms with E-state index in [0.29, 0.717) is 11.3 Å². The standard InChI is InChI=1S/C10H10N2O4/c1-5-7(9(11)14)2-6(4-12-5)3-8(13)10(15)16/h2,4H,3H2,1H3,(H2,11,14)(H,15,16). The van der Waals surface area contributed by atoms with Crippen LogP contribution in [-0.2, 0) is 16.0 Å². The van der Waals surface area contributed by atoms with E-state index in [1.54, 1.807) is 6.92 Å². The van der Waals surface area contributed by atoms with Gasteiger partial charge >= 0.3 is 5.97 Å². The number of amides is 1. The van der Waals surface area contributed by atoms with Gasteiger partial charge in [-0.2, -0.15) is 0 Å². The van der Waals surface area contributed by atoms with Gasteiger partial charge in [0.15, 0.2) is 0 Å². The zero-order valence-electron chi connectivity index (χ0n) is 8.56. The van der Waals surface area contributed by atoms with Crippen LogP contribution in [0.4, 0.5) is 0 Å². The van der Waals surface area contributed by atoms with Gasteiger partial charge in [-0.25, -0.2) is 4.79 Å². The Kier molecular flexibility index (Phi) is 3.34. The number of aliphatic carboxylic acids is 1. The lowest BCUT2D eigenvalue weighted by molar-refractivity contribution is -0.148. The van der Waals surface area contributed by atoms with Gasteiger partial charge in [0.2, 0.25) is 5.78 Å². The van der Waals surface area contributed by atoms with Gasteiger partial charge in [0.05, 0.1) is 5.56 Å². The fourth-order valence-electron chi connectivity index (χ4n) is 1.18. The first-order valence-electron chi connectivity index (χ1n) is 4.43. The predicted molar refractivity (Wildman–Crippen MR) is 53.8 cm³/mol. The lowest BCUT2D eigenvalue weighted by atomic mass is 10.1. The monoisotopic (exact) mass is 222 g/mol. The normalized spacial score (nSPS) is 9.81. The van der Waals surface area contributed by atoms with Crippen molar-refractivity contribution in [2.24, 2.45) is 5.73 Å². The maximum absolute atomic E-state index is 11.0. The molecule has 84 valence electrons. The lowest BCUT2D eigenvalue weighted by Gasteiger charge is -2.03. The van der Waals surface area contributed by atoms with Crippen LogP contribution in [0.15, 0.2) is 12.3 Å². The molecule has 0 aliphatic carbocycles. The number of carboxylic acid groups (broad SMARTS) is 1. The van der Waals surface area contributed by atoms with Gasteiger partial charge in [-0.05, 0) is 18.6 Å². The smallest absolute Gasteiger partial charge is 0.372 e. The molecule has 1 aromatic heterocycles. The minimum atomic E-state index is -1.51. The van der Waals surface area contributed by atoms with E-state index in [4.69, 9.17) is 10.8 Å². The zero-order valence-corrected chi connectivity index (χ0v) is 8.56. The number of carbonyl (C=O) groups excluding carboxylic acids is 2. The van der Waals surface area contributed by atoms with Crippen molar-refractivity contribution in [1.82, 2.24) is 4.98 Å². The highest BCUT2D eigenvalue weighted by atomic mass is 16.4. The average molecular weight is 222 g/mol. The Morgan fingerprint density at radius 3 is 2.56 bits per heavy atom. The summed E-state index contributed by atoms with van der Waals surface area (Å²) in [7, 11) is 0. The Hall–Kier alpha value is -2.24. The fourth-order valence-corrected chi connectivity index (χ4v) is 1.18. The highest BCUT2D eigenvalue weighted by Gasteiger charge is 2.14. The second-order valence-electron chi connectivity index (χ2n) is 3.25. The van der Waals surface area contributed by atoms with Crippen LogP contribution in [0.5, 0.6) is 0 Å². The number of hydrogen-bond acceptors (Lipinski definition) is 4. The molecule has 0 radical (unpaired) electrons. The summed E-state index contributed by atoms with van der Waals surface area (Å²) < 4.78 is 0. The van der Waals surface area contributed by atoms with Crippen LogP contribution in [0.1, 0.15) is 21.6 Å². The van der Waals surface area contributed by atoms with Crippen LogP contribution in [-0.4, -0.2) is 27.8 Å². The molecule has 6 nitrogen and oxygen atoms in total. The number of primary amides is 1. The third-order valence-corrected chi connectivity index (χ3v) is 2.01. The Balaban J connectivity index is 3.00. The van der Waals surface area contributed by atoms with E-state index >= 15 is 0 Å². The molecule has 0 aromatic carbocycles. The highest BCUT2D eigenvalue weighted by molar-refractivity contribution is 6.33. The van der Waals surface area contributed by atoms with Crippen molar-refractivity contribution in [3.8, 4) is 0 Å². The maximum Gasteiger partial charge on any atom is 0.372 e. The molecule has 0 aliphatic heterocycles. The molecule has 16 heavy (non-hydrogen) atoms. The van der Waals surface area contributed by atoms with E-state index < -0.39 is 17.7 Å². The number of Topliss-reactive ketones (excluding diaryl/α,β-unsaturated/α-hetero) is 1. The topological polar surface area (TPSA) is 110 Å². The van der Waals surface area contributed by atoms with Crippen molar-refractivity contribution in [3.05, 3.63) is 29.1 Å². The number of pyridine rings is 1. The van der Waals surface area contributed by atoms with E-state index in [9.17, 15) is 14.4 Å². The summed E-state index contributed by atoms with van der Waals surface area (Å²) in [6, 6.07) is 1.38. The number of carbonyl (C=O) groups is 3. The summed E-state index contributed by atoms with van der Waals surface area (Å²) in [5, 5.41) is 8.41. The minimum absolute atomic E-state index is 0.190. The summed E-state index contributed by atoms with van der Waals surface area (Å²) in [5.74, 6) is -3.13. The molecule has 0 saturated heterocycles. The van der Waals surface area contributed by atoms with Gasteiger partial charge in [-0.3, -0.25) is 14.6 Å². The molecule has 6 heteroatoms. The van der Waals surface area contributed by atoms with Crippen molar-refractivity contribution in [1.29, 1.82) is 0 Å². The van der Waals surface area contributed by atoms with E-state index in [1.807, 2.05) is 0 Å². The number of rotatable bonds is 4. The van der Waals surface area contributed by atoms with Crippen LogP contribution in [0.3, 0.4) is 0 Å². The Labute approximate surface area is 91.1 Å². The molecular weight excluding hydrogens is 212 g/mol. The van der Waals surface area contributed by atoms with Gasteiger partial charge in [0, 0.05) is 18.3 Å². The molecular formula is C10H10N2O4. The first-order valence-corrected chi connectivity index (χ1v) is 4.43. The summed E-state index contributed by atoms with van der Waals surface area (Å²) in [6.07, 6.45) is 1.05. The van der Waals surface area contributed by atoms with Gasteiger partial charge in [0.25, 0.3) is 5.91 Å². The third kappa shape index (κ3) is 2.63. The average Bonchev–Trinajstić information content (AvgIpc) is 2.20. The molecule has 1 heterocycles. The van der Waals surface area contributed by atoms with Crippen molar-refractivity contribution in [2.45, 2.75) is 13.3 Å². The van der Waals surface area contributed by atoms with Gasteiger partial charge in [-0.15, -0.1) is 0 Å². The molecule has 0 bridgehead atoms. The number of nitrogens with two attached hydrogens (primary N) is 1. The summed E-state index contributed by atoms with van der Waals surface area (Å²) in [5.41, 5.74) is 6.08. The quantitative estimate of drug-likeness (QED) is 0.678. The molecule has 0 fully saturated rings. The van der Waals surface area contributed by atoms with E-state index in [-0.39, 0.29) is 12.0 Å². The second-order valence-corrected chi connectivity index (χ2v) is 3.25. The predicted octanol–water partition coefficient (Wildman–Crippen LogP) is -0.315. The number of nitrogens with zero attached hydrogens (tertiary/aromatic N) is 1. The Morgan fingerprint density at radius 1 is 1.44 bits per heavy atom. The van der Waals surface area contributed by atoms with Crippen molar-refractivity contribution in [3.63, 3.8) is 0 Å². The highest BCUT2D eigenvalue weighted by Crippen LogP contribution is 2.08. The molecule has 0 saturated carbocycles. The van der Waals surface area contributed by atoms with Crippen LogP contribution < -0.4 is 5.73 Å². The fraction of sp³-hybridized carbons (Fsp3) is 0.200. The van der Waals surface area contributed by atoms with E-state index in [2.05, 4.69) is 4.98 Å². The summed E-state index contributed by atoms with van der Waals surface area (Å²) >= 11 is 0. The molecule has 0 spiro atoms. The molecule has 0 unspecified atom stereocenters. The molecule has 1 amide bonds. The van der Waals surface area contributed by atoms with Crippen LogP contribution in [0, 0.1) is 6.92 Å². The number of ketones is 1. The second kappa shape index (κ2) is 4.52. The molecule has 1 rings (SSSR count). The van der Waals surface area contributed by atoms with Crippen molar-refractivity contribution < 1.29 is 19.5 Å². The Bertz CT molecular complexity index is 468. The summed E-state index contributed by atoms with van der Waals surface area (Å²) in [4.78, 5) is 36.1. The molecule has 1 aromatic rings. The number of hydrogen-bond donors (Lipinski definition) is 2. The largest absolute Gasteiger partial charge is 0.475 e. The number of aromatic nitrogens is 1. The Morgan fingerprint density at radius 2 is 2.06 bits per heavy atom. The number of carboxylic acids is 1. The lowest BCUT2D eigenvalue weighted by Crippen LogP contribution is -2.17. The zero-order chi connectivity index (χ0) is 12.3. The summed E-state index contributed by atoms with van der Waals surface area (Å²) in [6.45, 7) is 1.60. The maximum atomic E-state index is 11.0. The van der Waals surface area contributed by atoms with Crippen molar-refractivity contribution >= 4 is 17.7 Å². The molecule has 0 atom stereocenters. The third-order valence-electron chi connectivity index (χ3n) is 2.01. The van der Waals surface area contributed by atoms with Crippen LogP contribution in [0.2, 0.25) is 0 Å². The van der Waals surface area contributed by atoms with Crippen LogP contribution >= 0.6 is 0 Å². The number of aryl methyl sites for hydroxylation is 1. The SMILES string of the molecule is Cc1ncc(CC(=O)C(=O)O)cc1C(N)=O. The van der Waals surface area contributed by atoms with Gasteiger partial charge in [0.1, 0.15) is 0 Å². The van der Waals surface area contributed by atoms with Crippen molar-refractivity contribution in [2.75, 3.05) is 0 Å². The minimum Gasteiger partial charge on any atom is -0.475 e. The first-order chi connectivity index (χ1) is 7.41. The van der Waals surface area contributed by atoms with Crippen LogP contribution in [0.25, 0.3) is 0 Å². The van der Waals surface area contributed by atoms with Gasteiger partial charge in [-0.1, -0.05) is 0 Å². The first kappa shape index (κ1) is 11.8. The van der Waals surface area contributed by atoms with E-state index in [0.717, 1.165) is 0 Å². The van der Waals surface area contributed by atoms with Gasteiger partial charge < -0.3 is 10.8 Å².